The number of halogens is 1. The molecule has 1 aromatic heterocycles. The van der Waals surface area contributed by atoms with Gasteiger partial charge in [0.15, 0.2) is 12.4 Å². The molecule has 122 valence electrons. The number of hydrogen-bond acceptors (Lipinski definition) is 5. The molecule has 2 N–H and O–H groups in total. The van der Waals surface area contributed by atoms with Crippen LogP contribution < -0.4 is 5.73 Å². The van der Waals surface area contributed by atoms with Crippen LogP contribution in [0, 0.1) is 0 Å². The fraction of sp³-hybridized carbons (Fsp3) is 0.312. The Hall–Kier alpha value is -2.34. The summed E-state index contributed by atoms with van der Waals surface area (Å²) in [4.78, 5) is 24.4. The maximum Gasteiger partial charge on any atom is 0.344 e. The van der Waals surface area contributed by atoms with Crippen molar-refractivity contribution >= 4 is 29.2 Å². The zero-order chi connectivity index (χ0) is 17.1. The number of nitrogens with zero attached hydrogens (tertiary/aromatic N) is 2. The van der Waals surface area contributed by atoms with Gasteiger partial charge >= 0.3 is 5.97 Å². The molecular weight excluding hydrogens is 318 g/mol. The van der Waals surface area contributed by atoms with Gasteiger partial charge in [-0.3, -0.25) is 9.48 Å². The Morgan fingerprint density at radius 2 is 2.00 bits per heavy atom. The van der Waals surface area contributed by atoms with Gasteiger partial charge in [0, 0.05) is 12.6 Å². The molecule has 1 heterocycles. The van der Waals surface area contributed by atoms with Crippen molar-refractivity contribution in [3.05, 3.63) is 46.1 Å². The molecule has 0 spiro atoms. The summed E-state index contributed by atoms with van der Waals surface area (Å²) >= 11 is 5.95. The largest absolute Gasteiger partial charge is 0.454 e. The van der Waals surface area contributed by atoms with Crippen molar-refractivity contribution in [2.75, 3.05) is 12.3 Å². The fourth-order valence-corrected chi connectivity index (χ4v) is 2.64. The van der Waals surface area contributed by atoms with Crippen LogP contribution in [0.25, 0.3) is 0 Å². The number of carbonyl (C=O) groups is 2. The lowest BCUT2D eigenvalue weighted by Crippen LogP contribution is -2.17. The van der Waals surface area contributed by atoms with E-state index in [4.69, 9.17) is 22.1 Å². The number of aryl methyl sites for hydroxylation is 1. The van der Waals surface area contributed by atoms with Crippen molar-refractivity contribution in [1.29, 1.82) is 0 Å². The second-order valence-corrected chi connectivity index (χ2v) is 5.81. The highest BCUT2D eigenvalue weighted by molar-refractivity contribution is 6.34. The van der Waals surface area contributed by atoms with E-state index < -0.39 is 12.6 Å². The number of ketones is 1. The molecule has 0 aliphatic heterocycles. The Morgan fingerprint density at radius 3 is 2.61 bits per heavy atom. The molecule has 6 nitrogen and oxygen atoms in total. The summed E-state index contributed by atoms with van der Waals surface area (Å²) in [6.07, 6.45) is 0. The van der Waals surface area contributed by atoms with E-state index in [0.29, 0.717) is 16.3 Å². The predicted octanol–water partition coefficient (Wildman–Crippen LogP) is 2.82. The molecule has 0 atom stereocenters. The molecule has 0 bridgehead atoms. The van der Waals surface area contributed by atoms with Gasteiger partial charge in [-0.05, 0) is 18.1 Å². The summed E-state index contributed by atoms with van der Waals surface area (Å²) in [6, 6.07) is 6.59. The predicted molar refractivity (Wildman–Crippen MR) is 87.8 cm³/mol. The van der Waals surface area contributed by atoms with Crippen LogP contribution in [-0.2, 0) is 11.8 Å². The molecule has 23 heavy (non-hydrogen) atoms. The minimum absolute atomic E-state index is 0.0339. The lowest BCUT2D eigenvalue weighted by Gasteiger charge is -2.09. The van der Waals surface area contributed by atoms with E-state index in [-0.39, 0.29) is 23.1 Å². The summed E-state index contributed by atoms with van der Waals surface area (Å²) < 4.78 is 6.65. The highest BCUT2D eigenvalue weighted by atomic mass is 35.5. The average Bonchev–Trinajstić information content (AvgIpc) is 2.79. The number of carbonyl (C=O) groups excluding carboxylic acids is 2. The van der Waals surface area contributed by atoms with Crippen molar-refractivity contribution in [3.63, 3.8) is 0 Å². The molecule has 0 amide bonds. The minimum atomic E-state index is -0.667. The van der Waals surface area contributed by atoms with Crippen LogP contribution in [0.3, 0.4) is 0 Å². The van der Waals surface area contributed by atoms with Gasteiger partial charge in [-0.1, -0.05) is 37.6 Å². The molecule has 0 fully saturated rings. The molecule has 0 aliphatic rings. The van der Waals surface area contributed by atoms with E-state index in [0.717, 1.165) is 0 Å². The molecule has 0 radical (unpaired) electrons. The molecule has 0 saturated heterocycles. The molecule has 2 rings (SSSR count). The summed E-state index contributed by atoms with van der Waals surface area (Å²) in [7, 11) is 1.71. The molecule has 7 heteroatoms. The van der Waals surface area contributed by atoms with E-state index in [9.17, 15) is 9.59 Å². The first-order valence-corrected chi connectivity index (χ1v) is 7.48. The average molecular weight is 336 g/mol. The van der Waals surface area contributed by atoms with Crippen molar-refractivity contribution < 1.29 is 14.3 Å². The quantitative estimate of drug-likeness (QED) is 0.670. The summed E-state index contributed by atoms with van der Waals surface area (Å²) in [5.74, 6) is -0.921. The highest BCUT2D eigenvalue weighted by Gasteiger charge is 2.25. The van der Waals surface area contributed by atoms with Gasteiger partial charge in [0.1, 0.15) is 5.56 Å². The SMILES string of the molecule is CC(C)c1c(C(=O)OCC(=O)c2ccccc2Cl)c(N)nn1C. The molecule has 0 unspecified atom stereocenters. The summed E-state index contributed by atoms with van der Waals surface area (Å²) in [5, 5.41) is 4.36. The number of aromatic nitrogens is 2. The first-order valence-electron chi connectivity index (χ1n) is 7.10. The van der Waals surface area contributed by atoms with Crippen LogP contribution in [0.15, 0.2) is 24.3 Å². The fourth-order valence-electron chi connectivity index (χ4n) is 2.40. The first-order chi connectivity index (χ1) is 10.8. The second-order valence-electron chi connectivity index (χ2n) is 5.40. The van der Waals surface area contributed by atoms with E-state index in [1.165, 1.54) is 0 Å². The number of esters is 1. The van der Waals surface area contributed by atoms with Gasteiger partial charge in [-0.15, -0.1) is 0 Å². The Kier molecular flexibility index (Phi) is 5.05. The van der Waals surface area contributed by atoms with E-state index in [1.807, 2.05) is 13.8 Å². The van der Waals surface area contributed by atoms with Crippen molar-refractivity contribution in [1.82, 2.24) is 9.78 Å². The Bertz CT molecular complexity index is 753. The van der Waals surface area contributed by atoms with Crippen LogP contribution >= 0.6 is 11.6 Å². The zero-order valence-corrected chi connectivity index (χ0v) is 13.9. The Labute approximate surface area is 139 Å². The van der Waals surface area contributed by atoms with Gasteiger partial charge in [0.2, 0.25) is 5.78 Å². The van der Waals surface area contributed by atoms with Crippen molar-refractivity contribution in [3.8, 4) is 0 Å². The summed E-state index contributed by atoms with van der Waals surface area (Å²) in [6.45, 7) is 3.43. The number of nitrogen functional groups attached to an aromatic ring is 1. The van der Waals surface area contributed by atoms with Crippen molar-refractivity contribution in [2.45, 2.75) is 19.8 Å². The lowest BCUT2D eigenvalue weighted by molar-refractivity contribution is 0.0474. The molecule has 0 saturated carbocycles. The molecule has 2 aromatic rings. The van der Waals surface area contributed by atoms with Crippen LogP contribution in [-0.4, -0.2) is 28.1 Å². The van der Waals surface area contributed by atoms with Gasteiger partial charge in [0.25, 0.3) is 0 Å². The van der Waals surface area contributed by atoms with Gasteiger partial charge in [0.05, 0.1) is 10.7 Å². The molecular formula is C16H18ClN3O3. The minimum Gasteiger partial charge on any atom is -0.454 e. The first kappa shape index (κ1) is 17.0. The number of ether oxygens (including phenoxy) is 1. The van der Waals surface area contributed by atoms with E-state index >= 15 is 0 Å². The van der Waals surface area contributed by atoms with E-state index in [1.54, 1.807) is 36.0 Å². The Balaban J connectivity index is 2.15. The monoisotopic (exact) mass is 335 g/mol. The lowest BCUT2D eigenvalue weighted by atomic mass is 10.1. The van der Waals surface area contributed by atoms with Crippen LogP contribution in [0.2, 0.25) is 5.02 Å². The number of rotatable bonds is 5. The Morgan fingerprint density at radius 1 is 1.35 bits per heavy atom. The van der Waals surface area contributed by atoms with Crippen LogP contribution in [0.4, 0.5) is 5.82 Å². The normalized spacial score (nSPS) is 10.8. The zero-order valence-electron chi connectivity index (χ0n) is 13.2. The summed E-state index contributed by atoms with van der Waals surface area (Å²) in [5.41, 5.74) is 6.96. The maximum atomic E-state index is 12.3. The molecule has 0 aliphatic carbocycles. The number of anilines is 1. The maximum absolute atomic E-state index is 12.3. The number of hydrogen-bond donors (Lipinski definition) is 1. The standard InChI is InChI=1S/C16H18ClN3O3/c1-9(2)14-13(15(18)19-20(14)3)16(22)23-8-12(21)10-6-4-5-7-11(10)17/h4-7,9H,8H2,1-3H3,(H2,18,19). The number of nitrogens with two attached hydrogens (primary N) is 1. The number of benzene rings is 1. The van der Waals surface area contributed by atoms with E-state index in [2.05, 4.69) is 5.10 Å². The van der Waals surface area contributed by atoms with Crippen LogP contribution in [0.1, 0.15) is 46.2 Å². The third kappa shape index (κ3) is 3.53. The topological polar surface area (TPSA) is 87.2 Å². The third-order valence-electron chi connectivity index (χ3n) is 3.38. The van der Waals surface area contributed by atoms with Crippen LogP contribution in [0.5, 0.6) is 0 Å². The van der Waals surface area contributed by atoms with Gasteiger partial charge < -0.3 is 10.5 Å². The molecule has 1 aromatic carbocycles. The van der Waals surface area contributed by atoms with Gasteiger partial charge in [-0.25, -0.2) is 4.79 Å². The van der Waals surface area contributed by atoms with Gasteiger partial charge in [-0.2, -0.15) is 5.10 Å². The smallest absolute Gasteiger partial charge is 0.344 e. The highest BCUT2D eigenvalue weighted by Crippen LogP contribution is 2.24. The van der Waals surface area contributed by atoms with Crippen molar-refractivity contribution in [2.24, 2.45) is 7.05 Å². The third-order valence-corrected chi connectivity index (χ3v) is 3.71. The second kappa shape index (κ2) is 6.83. The number of Topliss-reactive ketones (excluding diaryl/α,β-unsaturated/α-hetero) is 1.